The lowest BCUT2D eigenvalue weighted by atomic mass is 10.3. The summed E-state index contributed by atoms with van der Waals surface area (Å²) >= 11 is 5.07. The summed E-state index contributed by atoms with van der Waals surface area (Å²) in [4.78, 5) is 12.3. The SMILES string of the molecule is O=C(Nc1ccccc1SC(F)F)c1csc(Br)c1. The van der Waals surface area contributed by atoms with Crippen molar-refractivity contribution in [1.82, 2.24) is 0 Å². The number of hydrogen-bond acceptors (Lipinski definition) is 3. The molecular weight excluding hydrogens is 356 g/mol. The maximum Gasteiger partial charge on any atom is 0.288 e. The Hall–Kier alpha value is -0.920. The molecule has 7 heteroatoms. The minimum absolute atomic E-state index is 0.315. The van der Waals surface area contributed by atoms with Crippen LogP contribution in [0.4, 0.5) is 14.5 Å². The highest BCUT2D eigenvalue weighted by atomic mass is 79.9. The van der Waals surface area contributed by atoms with E-state index in [4.69, 9.17) is 0 Å². The Kier molecular flexibility index (Phi) is 4.95. The number of thioether (sulfide) groups is 1. The lowest BCUT2D eigenvalue weighted by molar-refractivity contribution is 0.102. The Morgan fingerprint density at radius 2 is 2.11 bits per heavy atom. The average molecular weight is 364 g/mol. The molecule has 1 aromatic heterocycles. The molecule has 0 fully saturated rings. The van der Waals surface area contributed by atoms with Crippen molar-refractivity contribution in [3.8, 4) is 0 Å². The number of amides is 1. The van der Waals surface area contributed by atoms with Crippen LogP contribution in [0.2, 0.25) is 0 Å². The number of rotatable bonds is 4. The molecule has 2 aromatic rings. The molecule has 0 unspecified atom stereocenters. The van der Waals surface area contributed by atoms with Crippen LogP contribution in [0.1, 0.15) is 10.4 Å². The number of anilines is 1. The molecule has 1 amide bonds. The fourth-order valence-corrected chi connectivity index (χ4v) is 3.12. The van der Waals surface area contributed by atoms with Crippen LogP contribution < -0.4 is 5.32 Å². The summed E-state index contributed by atoms with van der Waals surface area (Å²) in [5.41, 5.74) is 0.883. The van der Waals surface area contributed by atoms with Crippen molar-refractivity contribution in [2.75, 3.05) is 5.32 Å². The van der Waals surface area contributed by atoms with Crippen LogP contribution in [0.3, 0.4) is 0 Å². The van der Waals surface area contributed by atoms with Crippen LogP contribution >= 0.6 is 39.0 Å². The van der Waals surface area contributed by atoms with Crippen LogP contribution in [0.5, 0.6) is 0 Å². The highest BCUT2D eigenvalue weighted by Crippen LogP contribution is 2.32. The van der Waals surface area contributed by atoms with Crippen molar-refractivity contribution in [2.45, 2.75) is 10.7 Å². The van der Waals surface area contributed by atoms with E-state index in [2.05, 4.69) is 21.2 Å². The van der Waals surface area contributed by atoms with Gasteiger partial charge in [-0.25, -0.2) is 0 Å². The fourth-order valence-electron chi connectivity index (χ4n) is 1.39. The van der Waals surface area contributed by atoms with Gasteiger partial charge in [0.1, 0.15) is 0 Å². The molecule has 0 radical (unpaired) electrons. The lowest BCUT2D eigenvalue weighted by Crippen LogP contribution is -2.11. The van der Waals surface area contributed by atoms with Gasteiger partial charge in [-0.05, 0) is 34.1 Å². The molecule has 2 nitrogen and oxygen atoms in total. The third-order valence-corrected chi connectivity index (χ3v) is 4.47. The first kappa shape index (κ1) is 14.5. The molecule has 0 atom stereocenters. The number of para-hydroxylation sites is 1. The third-order valence-electron chi connectivity index (χ3n) is 2.18. The first-order valence-corrected chi connectivity index (χ1v) is 7.70. The monoisotopic (exact) mass is 363 g/mol. The van der Waals surface area contributed by atoms with E-state index in [0.29, 0.717) is 27.9 Å². The van der Waals surface area contributed by atoms with Crippen LogP contribution in [-0.2, 0) is 0 Å². The second-order valence-corrected chi connectivity index (χ2v) is 6.79. The van der Waals surface area contributed by atoms with E-state index in [0.717, 1.165) is 3.79 Å². The van der Waals surface area contributed by atoms with Gasteiger partial charge in [-0.3, -0.25) is 4.79 Å². The minimum Gasteiger partial charge on any atom is -0.321 e. The predicted molar refractivity (Wildman–Crippen MR) is 78.3 cm³/mol. The molecule has 0 bridgehead atoms. The molecule has 19 heavy (non-hydrogen) atoms. The fraction of sp³-hybridized carbons (Fsp3) is 0.0833. The van der Waals surface area contributed by atoms with Gasteiger partial charge in [-0.1, -0.05) is 23.9 Å². The summed E-state index contributed by atoms with van der Waals surface area (Å²) in [7, 11) is 0. The number of hydrogen-bond donors (Lipinski definition) is 1. The molecule has 0 saturated heterocycles. The number of halogens is 3. The molecule has 1 aromatic carbocycles. The zero-order valence-corrected chi connectivity index (χ0v) is 12.6. The maximum absolute atomic E-state index is 12.4. The Morgan fingerprint density at radius 1 is 1.37 bits per heavy atom. The largest absolute Gasteiger partial charge is 0.321 e. The standard InChI is InChI=1S/C12H8BrF2NOS2/c13-10-5-7(6-18-10)11(17)16-8-3-1-2-4-9(8)19-12(14)15/h1-6,12H,(H,16,17). The van der Waals surface area contributed by atoms with Gasteiger partial charge in [0, 0.05) is 10.3 Å². The van der Waals surface area contributed by atoms with E-state index >= 15 is 0 Å². The molecule has 0 aliphatic rings. The Balaban J connectivity index is 2.16. The van der Waals surface area contributed by atoms with Crippen LogP contribution in [0, 0.1) is 0 Å². The summed E-state index contributed by atoms with van der Waals surface area (Å²) in [6.07, 6.45) is 0. The van der Waals surface area contributed by atoms with Crippen molar-refractivity contribution >= 4 is 50.6 Å². The number of thiophene rings is 1. The number of benzene rings is 1. The van der Waals surface area contributed by atoms with Crippen molar-refractivity contribution in [3.63, 3.8) is 0 Å². The summed E-state index contributed by atoms with van der Waals surface area (Å²) in [6.45, 7) is 0. The maximum atomic E-state index is 12.4. The van der Waals surface area contributed by atoms with Gasteiger partial charge in [-0.15, -0.1) is 11.3 Å². The summed E-state index contributed by atoms with van der Waals surface area (Å²) in [6, 6.07) is 8.18. The summed E-state index contributed by atoms with van der Waals surface area (Å²) in [5.74, 6) is -2.84. The van der Waals surface area contributed by atoms with Gasteiger partial charge in [0.2, 0.25) is 0 Å². The molecule has 0 spiro atoms. The van der Waals surface area contributed by atoms with Gasteiger partial charge in [0.25, 0.3) is 11.7 Å². The quantitative estimate of drug-likeness (QED) is 0.767. The number of alkyl halides is 2. The minimum atomic E-state index is -2.52. The molecule has 0 saturated carbocycles. The smallest absolute Gasteiger partial charge is 0.288 e. The first-order valence-electron chi connectivity index (χ1n) is 5.15. The summed E-state index contributed by atoms with van der Waals surface area (Å²) in [5, 5.41) is 4.33. The molecule has 1 heterocycles. The predicted octanol–water partition coefficient (Wildman–Crippen LogP) is 5.08. The first-order chi connectivity index (χ1) is 9.06. The van der Waals surface area contributed by atoms with Crippen LogP contribution in [0.25, 0.3) is 0 Å². The van der Waals surface area contributed by atoms with E-state index in [9.17, 15) is 13.6 Å². The topological polar surface area (TPSA) is 29.1 Å². The van der Waals surface area contributed by atoms with Crippen molar-refractivity contribution in [1.29, 1.82) is 0 Å². The second-order valence-electron chi connectivity index (χ2n) is 3.47. The zero-order chi connectivity index (χ0) is 13.8. The molecule has 100 valence electrons. The van der Waals surface area contributed by atoms with Crippen molar-refractivity contribution in [2.24, 2.45) is 0 Å². The van der Waals surface area contributed by atoms with Gasteiger partial charge >= 0.3 is 0 Å². The number of carbonyl (C=O) groups excluding carboxylic acids is 1. The molecule has 1 N–H and O–H groups in total. The Bertz CT molecular complexity index is 589. The third kappa shape index (κ3) is 4.02. The lowest BCUT2D eigenvalue weighted by Gasteiger charge is -2.09. The normalized spacial score (nSPS) is 10.7. The second kappa shape index (κ2) is 6.49. The van der Waals surface area contributed by atoms with Crippen molar-refractivity contribution in [3.05, 3.63) is 45.1 Å². The molecule has 0 aliphatic carbocycles. The van der Waals surface area contributed by atoms with Gasteiger partial charge in [0.05, 0.1) is 15.0 Å². The summed E-state index contributed by atoms with van der Waals surface area (Å²) < 4.78 is 25.7. The Morgan fingerprint density at radius 3 is 2.74 bits per heavy atom. The average Bonchev–Trinajstić information content (AvgIpc) is 2.78. The highest BCUT2D eigenvalue weighted by molar-refractivity contribution is 9.11. The van der Waals surface area contributed by atoms with Crippen LogP contribution in [-0.4, -0.2) is 11.7 Å². The molecule has 2 rings (SSSR count). The zero-order valence-electron chi connectivity index (χ0n) is 9.40. The number of nitrogens with one attached hydrogen (secondary N) is 1. The van der Waals surface area contributed by atoms with Crippen LogP contribution in [0.15, 0.2) is 44.4 Å². The Labute approximate surface area is 125 Å². The van der Waals surface area contributed by atoms with Gasteiger partial charge in [0.15, 0.2) is 0 Å². The van der Waals surface area contributed by atoms with Crippen molar-refractivity contribution < 1.29 is 13.6 Å². The highest BCUT2D eigenvalue weighted by Gasteiger charge is 2.13. The van der Waals surface area contributed by atoms with Gasteiger partial charge in [-0.2, -0.15) is 8.78 Å². The van der Waals surface area contributed by atoms with E-state index in [1.54, 1.807) is 35.7 Å². The van der Waals surface area contributed by atoms with E-state index in [1.807, 2.05) is 0 Å². The molecule has 0 aliphatic heterocycles. The van der Waals surface area contributed by atoms with E-state index in [1.165, 1.54) is 11.3 Å². The molecular formula is C12H8BrF2NOS2. The van der Waals surface area contributed by atoms with Gasteiger partial charge < -0.3 is 5.32 Å². The number of carbonyl (C=O) groups is 1. The van der Waals surface area contributed by atoms with E-state index in [-0.39, 0.29) is 5.91 Å². The van der Waals surface area contributed by atoms with E-state index < -0.39 is 5.76 Å².